The number of carbonyl (C=O) groups is 3. The van der Waals surface area contributed by atoms with Crippen molar-refractivity contribution < 1.29 is 19.5 Å². The van der Waals surface area contributed by atoms with E-state index in [2.05, 4.69) is 0 Å². The second-order valence-corrected chi connectivity index (χ2v) is 4.41. The van der Waals surface area contributed by atoms with E-state index in [1.165, 1.54) is 4.90 Å². The second kappa shape index (κ2) is 5.13. The lowest BCUT2D eigenvalue weighted by Crippen LogP contribution is -2.58. The van der Waals surface area contributed by atoms with Crippen molar-refractivity contribution in [2.45, 2.75) is 19.4 Å². The molecule has 1 aliphatic rings. The number of hydrogen-bond acceptors (Lipinski definition) is 4. The lowest BCUT2D eigenvalue weighted by Gasteiger charge is -2.42. The molecule has 1 saturated heterocycles. The number of carbonyl (C=O) groups excluding carboxylic acids is 2. The van der Waals surface area contributed by atoms with Crippen molar-refractivity contribution >= 4 is 17.8 Å². The van der Waals surface area contributed by atoms with Gasteiger partial charge in [0.2, 0.25) is 11.8 Å². The molecule has 0 spiro atoms. The van der Waals surface area contributed by atoms with Crippen molar-refractivity contribution in [1.29, 1.82) is 0 Å². The molecule has 0 aromatic rings. The Morgan fingerprint density at radius 1 is 1.41 bits per heavy atom. The summed E-state index contributed by atoms with van der Waals surface area (Å²) < 4.78 is 0. The topological polar surface area (TPSA) is 127 Å². The van der Waals surface area contributed by atoms with E-state index in [0.717, 1.165) is 0 Å². The van der Waals surface area contributed by atoms with Gasteiger partial charge in [-0.1, -0.05) is 6.92 Å². The fraction of sp³-hybridized carbons (Fsp3) is 0.700. The summed E-state index contributed by atoms with van der Waals surface area (Å²) in [6.07, 6.45) is -0.186. The zero-order valence-corrected chi connectivity index (χ0v) is 9.63. The smallest absolute Gasteiger partial charge is 0.306 e. The summed E-state index contributed by atoms with van der Waals surface area (Å²) >= 11 is 0. The van der Waals surface area contributed by atoms with Gasteiger partial charge in [0, 0.05) is 19.0 Å². The van der Waals surface area contributed by atoms with E-state index in [9.17, 15) is 14.4 Å². The third-order valence-electron chi connectivity index (χ3n) is 3.06. The van der Waals surface area contributed by atoms with Crippen LogP contribution in [0.4, 0.5) is 0 Å². The Hall–Kier alpha value is -1.63. The molecule has 96 valence electrons. The van der Waals surface area contributed by atoms with Crippen molar-refractivity contribution in [3.05, 3.63) is 0 Å². The summed E-state index contributed by atoms with van der Waals surface area (Å²) in [7, 11) is 0. The van der Waals surface area contributed by atoms with E-state index < -0.39 is 23.8 Å². The Kier molecular flexibility index (Phi) is 4.06. The summed E-state index contributed by atoms with van der Waals surface area (Å²) in [6, 6.07) is -0.923. The molecule has 5 N–H and O–H groups in total. The number of nitrogens with zero attached hydrogens (tertiary/aromatic N) is 1. The van der Waals surface area contributed by atoms with Gasteiger partial charge in [0.15, 0.2) is 0 Å². The molecular formula is C10H17N3O4. The van der Waals surface area contributed by atoms with Crippen molar-refractivity contribution in [2.24, 2.45) is 23.3 Å². The largest absolute Gasteiger partial charge is 0.481 e. The van der Waals surface area contributed by atoms with E-state index in [1.807, 2.05) is 0 Å². The van der Waals surface area contributed by atoms with Crippen LogP contribution in [0.25, 0.3) is 0 Å². The molecule has 1 fully saturated rings. The Labute approximate surface area is 98.7 Å². The molecule has 2 atom stereocenters. The third kappa shape index (κ3) is 3.16. The molecule has 7 heteroatoms. The summed E-state index contributed by atoms with van der Waals surface area (Å²) in [5.41, 5.74) is 10.4. The summed E-state index contributed by atoms with van der Waals surface area (Å²) in [5.74, 6) is -2.37. The number of likely N-dealkylation sites (tertiary alicyclic amines) is 1. The highest BCUT2D eigenvalue weighted by atomic mass is 16.4. The molecule has 0 radical (unpaired) electrons. The Morgan fingerprint density at radius 3 is 2.35 bits per heavy atom. The molecule has 2 amide bonds. The van der Waals surface area contributed by atoms with Crippen molar-refractivity contribution in [3.8, 4) is 0 Å². The van der Waals surface area contributed by atoms with Crippen LogP contribution >= 0.6 is 0 Å². The molecule has 0 aliphatic carbocycles. The highest BCUT2D eigenvalue weighted by molar-refractivity contribution is 5.88. The van der Waals surface area contributed by atoms with Crippen LogP contribution in [0.2, 0.25) is 0 Å². The number of hydrogen-bond donors (Lipinski definition) is 3. The van der Waals surface area contributed by atoms with Crippen LogP contribution in [-0.2, 0) is 14.4 Å². The van der Waals surface area contributed by atoms with Gasteiger partial charge in [-0.15, -0.1) is 0 Å². The third-order valence-corrected chi connectivity index (χ3v) is 3.06. The van der Waals surface area contributed by atoms with Crippen LogP contribution in [-0.4, -0.2) is 46.9 Å². The van der Waals surface area contributed by atoms with E-state index in [-0.39, 0.29) is 18.2 Å². The number of primary amides is 1. The van der Waals surface area contributed by atoms with E-state index in [0.29, 0.717) is 13.1 Å². The predicted molar refractivity (Wildman–Crippen MR) is 58.7 cm³/mol. The van der Waals surface area contributed by atoms with Crippen molar-refractivity contribution in [1.82, 2.24) is 4.90 Å². The first-order valence-electron chi connectivity index (χ1n) is 5.38. The van der Waals surface area contributed by atoms with Gasteiger partial charge in [-0.05, 0) is 0 Å². The molecule has 0 saturated carbocycles. The monoisotopic (exact) mass is 243 g/mol. The molecule has 1 rings (SSSR count). The van der Waals surface area contributed by atoms with Crippen molar-refractivity contribution in [2.75, 3.05) is 13.1 Å². The summed E-state index contributed by atoms with van der Waals surface area (Å²) in [6.45, 7) is 2.36. The highest BCUT2D eigenvalue weighted by Crippen LogP contribution is 2.24. The van der Waals surface area contributed by atoms with Gasteiger partial charge in [0.25, 0.3) is 0 Å². The molecular weight excluding hydrogens is 226 g/mol. The quantitative estimate of drug-likeness (QED) is 0.534. The average Bonchev–Trinajstić information content (AvgIpc) is 2.13. The van der Waals surface area contributed by atoms with Crippen LogP contribution < -0.4 is 11.5 Å². The molecule has 0 aromatic heterocycles. The maximum absolute atomic E-state index is 11.6. The maximum Gasteiger partial charge on any atom is 0.306 e. The minimum atomic E-state index is -0.923. The van der Waals surface area contributed by atoms with Gasteiger partial charge in [-0.3, -0.25) is 14.4 Å². The van der Waals surface area contributed by atoms with Gasteiger partial charge in [0.05, 0.1) is 18.4 Å². The standard InChI is InChI=1S/C10H17N3O4/c1-5(10(16)17)6-3-13(4-6)9(15)7(11)2-8(12)14/h5-7H,2-4,11H2,1H3,(H2,12,14)(H,16,17). The normalized spacial score (nSPS) is 19.3. The van der Waals surface area contributed by atoms with E-state index >= 15 is 0 Å². The number of nitrogens with two attached hydrogens (primary N) is 2. The zero-order chi connectivity index (χ0) is 13.2. The number of amides is 2. The fourth-order valence-corrected chi connectivity index (χ4v) is 1.75. The average molecular weight is 243 g/mol. The number of rotatable bonds is 5. The predicted octanol–water partition coefficient (Wildman–Crippen LogP) is -1.63. The van der Waals surface area contributed by atoms with Gasteiger partial charge in [-0.2, -0.15) is 0 Å². The zero-order valence-electron chi connectivity index (χ0n) is 9.63. The van der Waals surface area contributed by atoms with E-state index in [1.54, 1.807) is 6.92 Å². The number of aliphatic carboxylic acids is 1. The molecule has 7 nitrogen and oxygen atoms in total. The first-order chi connectivity index (χ1) is 7.82. The minimum Gasteiger partial charge on any atom is -0.481 e. The Morgan fingerprint density at radius 2 is 1.94 bits per heavy atom. The van der Waals surface area contributed by atoms with Crippen LogP contribution in [0.15, 0.2) is 0 Å². The van der Waals surface area contributed by atoms with Crippen LogP contribution in [0, 0.1) is 11.8 Å². The fourth-order valence-electron chi connectivity index (χ4n) is 1.75. The maximum atomic E-state index is 11.6. The van der Waals surface area contributed by atoms with Gasteiger partial charge < -0.3 is 21.5 Å². The van der Waals surface area contributed by atoms with E-state index in [4.69, 9.17) is 16.6 Å². The van der Waals surface area contributed by atoms with Gasteiger partial charge in [0.1, 0.15) is 0 Å². The molecule has 17 heavy (non-hydrogen) atoms. The van der Waals surface area contributed by atoms with Crippen LogP contribution in [0.1, 0.15) is 13.3 Å². The molecule has 2 unspecified atom stereocenters. The SMILES string of the molecule is CC(C(=O)O)C1CN(C(=O)C(N)CC(N)=O)C1. The molecule has 1 heterocycles. The summed E-state index contributed by atoms with van der Waals surface area (Å²) in [5, 5.41) is 8.78. The van der Waals surface area contributed by atoms with Crippen molar-refractivity contribution in [3.63, 3.8) is 0 Å². The minimum absolute atomic E-state index is 0.0442. The van der Waals surface area contributed by atoms with Crippen LogP contribution in [0.5, 0.6) is 0 Å². The Balaban J connectivity index is 2.39. The second-order valence-electron chi connectivity index (χ2n) is 4.41. The lowest BCUT2D eigenvalue weighted by molar-refractivity contribution is -0.151. The highest BCUT2D eigenvalue weighted by Gasteiger charge is 2.38. The number of carboxylic acids is 1. The first-order valence-corrected chi connectivity index (χ1v) is 5.38. The van der Waals surface area contributed by atoms with Gasteiger partial charge >= 0.3 is 5.97 Å². The summed E-state index contributed by atoms with van der Waals surface area (Å²) in [4.78, 5) is 34.4. The Bertz CT molecular complexity index is 338. The lowest BCUT2D eigenvalue weighted by atomic mass is 9.86. The van der Waals surface area contributed by atoms with Gasteiger partial charge in [-0.25, -0.2) is 0 Å². The molecule has 1 aliphatic heterocycles. The van der Waals surface area contributed by atoms with Crippen LogP contribution in [0.3, 0.4) is 0 Å². The first kappa shape index (κ1) is 13.4. The number of carboxylic acid groups (broad SMARTS) is 1. The molecule has 0 aromatic carbocycles. The molecule has 0 bridgehead atoms.